The molecule has 0 spiro atoms. The van der Waals surface area contributed by atoms with Crippen LogP contribution in [-0.2, 0) is 11.2 Å². The van der Waals surface area contributed by atoms with Crippen LogP contribution in [0.15, 0.2) is 29.6 Å². The van der Waals surface area contributed by atoms with Crippen molar-refractivity contribution in [2.75, 3.05) is 7.11 Å². The number of hydrogen-bond acceptors (Lipinski definition) is 3. The molecule has 1 unspecified atom stereocenters. The molecule has 3 heteroatoms. The third kappa shape index (κ3) is 3.10. The topological polar surface area (TPSA) is 29.5 Å². The Kier molecular flexibility index (Phi) is 4.05. The van der Waals surface area contributed by atoms with Crippen molar-refractivity contribution in [3.05, 3.63) is 35.2 Å². The van der Waals surface area contributed by atoms with Crippen LogP contribution in [0.4, 0.5) is 0 Å². The molecule has 0 saturated carbocycles. The molecular formula is C15H20O2S. The molecule has 98 valence electrons. The maximum atomic E-state index is 10.2. The molecule has 1 atom stereocenters. The normalized spacial score (nSPS) is 14.0. The highest BCUT2D eigenvalue weighted by Gasteiger charge is 2.22. The number of benzene rings is 1. The van der Waals surface area contributed by atoms with Gasteiger partial charge in [0.15, 0.2) is 0 Å². The van der Waals surface area contributed by atoms with Gasteiger partial charge in [0.05, 0.1) is 11.7 Å². The first-order valence-electron chi connectivity index (χ1n) is 6.20. The van der Waals surface area contributed by atoms with Gasteiger partial charge in [-0.15, -0.1) is 11.3 Å². The summed E-state index contributed by atoms with van der Waals surface area (Å²) in [5, 5.41) is 13.6. The average Bonchev–Trinajstić information content (AvgIpc) is 2.72. The lowest BCUT2D eigenvalue weighted by molar-refractivity contribution is -0.0190. The van der Waals surface area contributed by atoms with E-state index in [4.69, 9.17) is 4.74 Å². The molecule has 0 aliphatic rings. The Morgan fingerprint density at radius 3 is 2.78 bits per heavy atom. The number of fused-ring (bicyclic) bond motifs is 1. The molecule has 18 heavy (non-hydrogen) atoms. The van der Waals surface area contributed by atoms with Gasteiger partial charge in [0, 0.05) is 18.2 Å². The standard InChI is InChI=1S/C15H20O2S/c1-15(2,17-3)9-12(16)8-11-10-18-14-7-5-4-6-13(11)14/h4-7,10,12,16H,8-9H2,1-3H3. The summed E-state index contributed by atoms with van der Waals surface area (Å²) < 4.78 is 6.64. The maximum absolute atomic E-state index is 10.2. The van der Waals surface area contributed by atoms with Gasteiger partial charge in [0.1, 0.15) is 0 Å². The van der Waals surface area contributed by atoms with Crippen molar-refractivity contribution < 1.29 is 9.84 Å². The molecule has 0 amide bonds. The highest BCUT2D eigenvalue weighted by atomic mass is 32.1. The van der Waals surface area contributed by atoms with Gasteiger partial charge >= 0.3 is 0 Å². The fourth-order valence-electron chi connectivity index (χ4n) is 2.17. The quantitative estimate of drug-likeness (QED) is 0.893. The second kappa shape index (κ2) is 5.39. The predicted octanol–water partition coefficient (Wildman–Crippen LogP) is 3.62. The van der Waals surface area contributed by atoms with Gasteiger partial charge < -0.3 is 9.84 Å². The van der Waals surface area contributed by atoms with E-state index >= 15 is 0 Å². The molecular weight excluding hydrogens is 244 g/mol. The van der Waals surface area contributed by atoms with E-state index < -0.39 is 0 Å². The van der Waals surface area contributed by atoms with Crippen LogP contribution >= 0.6 is 11.3 Å². The lowest BCUT2D eigenvalue weighted by Gasteiger charge is -2.25. The summed E-state index contributed by atoms with van der Waals surface area (Å²) in [7, 11) is 1.69. The van der Waals surface area contributed by atoms with E-state index in [1.165, 1.54) is 15.6 Å². The minimum absolute atomic E-state index is 0.273. The van der Waals surface area contributed by atoms with E-state index in [2.05, 4.69) is 17.5 Å². The molecule has 2 rings (SSSR count). The zero-order valence-electron chi connectivity index (χ0n) is 11.1. The predicted molar refractivity (Wildman–Crippen MR) is 77.2 cm³/mol. The molecule has 1 heterocycles. The molecule has 1 aromatic heterocycles. The fourth-order valence-corrected chi connectivity index (χ4v) is 3.14. The zero-order valence-corrected chi connectivity index (χ0v) is 12.0. The molecule has 1 N–H and O–H groups in total. The van der Waals surface area contributed by atoms with E-state index in [9.17, 15) is 5.11 Å². The first-order valence-corrected chi connectivity index (χ1v) is 7.08. The van der Waals surface area contributed by atoms with Crippen LogP contribution in [-0.4, -0.2) is 23.9 Å². The van der Waals surface area contributed by atoms with Crippen molar-refractivity contribution in [3.63, 3.8) is 0 Å². The van der Waals surface area contributed by atoms with E-state index in [1.54, 1.807) is 18.4 Å². The number of ether oxygens (including phenoxy) is 1. The van der Waals surface area contributed by atoms with Gasteiger partial charge in [-0.05, 0) is 42.7 Å². The van der Waals surface area contributed by atoms with Gasteiger partial charge in [-0.25, -0.2) is 0 Å². The summed E-state index contributed by atoms with van der Waals surface area (Å²) in [6, 6.07) is 8.33. The smallest absolute Gasteiger partial charge is 0.0647 e. The van der Waals surface area contributed by atoms with Gasteiger partial charge in [-0.1, -0.05) is 18.2 Å². The largest absolute Gasteiger partial charge is 0.393 e. The van der Waals surface area contributed by atoms with Gasteiger partial charge in [0.2, 0.25) is 0 Å². The van der Waals surface area contributed by atoms with Crippen molar-refractivity contribution in [2.45, 2.75) is 38.4 Å². The molecule has 2 nitrogen and oxygen atoms in total. The molecule has 0 saturated heterocycles. The van der Waals surface area contributed by atoms with E-state index in [-0.39, 0.29) is 11.7 Å². The highest BCUT2D eigenvalue weighted by molar-refractivity contribution is 7.17. The Hall–Kier alpha value is -0.900. The summed E-state index contributed by atoms with van der Waals surface area (Å²) in [4.78, 5) is 0. The SMILES string of the molecule is COC(C)(C)CC(O)Cc1csc2ccccc12. The second-order valence-electron chi connectivity index (χ2n) is 5.28. The van der Waals surface area contributed by atoms with Gasteiger partial charge in [-0.2, -0.15) is 0 Å². The Labute approximate surface area is 112 Å². The summed E-state index contributed by atoms with van der Waals surface area (Å²) in [6.45, 7) is 4.00. The minimum Gasteiger partial charge on any atom is -0.393 e. The number of aliphatic hydroxyl groups excluding tert-OH is 1. The number of rotatable bonds is 5. The second-order valence-corrected chi connectivity index (χ2v) is 6.19. The maximum Gasteiger partial charge on any atom is 0.0647 e. The van der Waals surface area contributed by atoms with Crippen LogP contribution in [0.25, 0.3) is 10.1 Å². The molecule has 0 fully saturated rings. The molecule has 1 aromatic carbocycles. The van der Waals surface area contributed by atoms with Crippen LogP contribution in [0.1, 0.15) is 25.8 Å². The summed E-state index contributed by atoms with van der Waals surface area (Å²) in [6.07, 6.45) is 0.975. The van der Waals surface area contributed by atoms with Crippen molar-refractivity contribution in [2.24, 2.45) is 0 Å². The summed E-state index contributed by atoms with van der Waals surface area (Å²) in [5.41, 5.74) is 0.959. The van der Waals surface area contributed by atoms with Crippen LogP contribution < -0.4 is 0 Å². The summed E-state index contributed by atoms with van der Waals surface area (Å²) >= 11 is 1.74. The molecule has 0 aliphatic heterocycles. The minimum atomic E-state index is -0.363. The van der Waals surface area contributed by atoms with E-state index in [0.717, 1.165) is 0 Å². The monoisotopic (exact) mass is 264 g/mol. The first-order chi connectivity index (χ1) is 8.52. The molecule has 0 aliphatic carbocycles. The Morgan fingerprint density at radius 2 is 2.06 bits per heavy atom. The Balaban J connectivity index is 2.09. The molecule has 0 radical (unpaired) electrons. The molecule has 2 aromatic rings. The highest BCUT2D eigenvalue weighted by Crippen LogP contribution is 2.28. The zero-order chi connectivity index (χ0) is 13.2. The number of thiophene rings is 1. The van der Waals surface area contributed by atoms with Crippen LogP contribution in [0.3, 0.4) is 0 Å². The van der Waals surface area contributed by atoms with Crippen molar-refractivity contribution in [1.82, 2.24) is 0 Å². The fraction of sp³-hybridized carbons (Fsp3) is 0.467. The molecule has 0 bridgehead atoms. The number of hydrogen-bond donors (Lipinski definition) is 1. The van der Waals surface area contributed by atoms with E-state index in [1.807, 2.05) is 26.0 Å². The third-order valence-corrected chi connectivity index (χ3v) is 4.31. The number of methoxy groups -OCH3 is 1. The van der Waals surface area contributed by atoms with E-state index in [0.29, 0.717) is 12.8 Å². The van der Waals surface area contributed by atoms with Crippen molar-refractivity contribution in [3.8, 4) is 0 Å². The van der Waals surface area contributed by atoms with Crippen LogP contribution in [0.2, 0.25) is 0 Å². The van der Waals surface area contributed by atoms with Crippen molar-refractivity contribution in [1.29, 1.82) is 0 Å². The van der Waals surface area contributed by atoms with Gasteiger partial charge in [0.25, 0.3) is 0 Å². The van der Waals surface area contributed by atoms with Crippen LogP contribution in [0.5, 0.6) is 0 Å². The number of aliphatic hydroxyl groups is 1. The summed E-state index contributed by atoms with van der Waals surface area (Å²) in [5.74, 6) is 0. The first kappa shape index (κ1) is 13.5. The van der Waals surface area contributed by atoms with Gasteiger partial charge in [-0.3, -0.25) is 0 Å². The lowest BCUT2D eigenvalue weighted by Crippen LogP contribution is -2.29. The Bertz CT molecular complexity index is 516. The third-order valence-electron chi connectivity index (χ3n) is 3.30. The Morgan fingerprint density at radius 1 is 1.33 bits per heavy atom. The lowest BCUT2D eigenvalue weighted by atomic mass is 9.96. The van der Waals surface area contributed by atoms with Crippen LogP contribution in [0, 0.1) is 0 Å². The average molecular weight is 264 g/mol. The van der Waals surface area contributed by atoms with Crippen molar-refractivity contribution >= 4 is 21.4 Å².